The number of benzene rings is 1. The van der Waals surface area contributed by atoms with Gasteiger partial charge in [-0.05, 0) is 37.8 Å². The fraction of sp³-hybridized carbons (Fsp3) is 0.625. The second-order valence-corrected chi connectivity index (χ2v) is 5.41. The summed E-state index contributed by atoms with van der Waals surface area (Å²) in [6.07, 6.45) is 2.75. The highest BCUT2D eigenvalue weighted by molar-refractivity contribution is 5.39. The van der Waals surface area contributed by atoms with Crippen LogP contribution in [0.5, 0.6) is 11.5 Å². The van der Waals surface area contributed by atoms with Crippen LogP contribution in [0.4, 0.5) is 0 Å². The molecule has 2 atom stereocenters. The Kier molecular flexibility index (Phi) is 4.43. The van der Waals surface area contributed by atoms with Crippen LogP contribution in [-0.2, 0) is 4.74 Å². The summed E-state index contributed by atoms with van der Waals surface area (Å²) in [5.41, 5.74) is 0. The lowest BCUT2D eigenvalue weighted by atomic mass is 10.1. The number of nitrogens with one attached hydrogen (secondary N) is 1. The van der Waals surface area contributed by atoms with Gasteiger partial charge in [-0.3, -0.25) is 0 Å². The number of hydrogen-bond acceptors (Lipinski definition) is 4. The van der Waals surface area contributed by atoms with Crippen LogP contribution in [0, 0.1) is 5.92 Å². The Hall–Kier alpha value is -1.26. The van der Waals surface area contributed by atoms with Crippen molar-refractivity contribution in [2.75, 3.05) is 26.3 Å². The van der Waals surface area contributed by atoms with Crippen molar-refractivity contribution in [1.29, 1.82) is 0 Å². The second kappa shape index (κ2) is 6.46. The summed E-state index contributed by atoms with van der Waals surface area (Å²) in [6.45, 7) is 5.21. The molecule has 0 aromatic heterocycles. The smallest absolute Gasteiger partial charge is 0.161 e. The predicted molar refractivity (Wildman–Crippen MR) is 77.4 cm³/mol. The largest absolute Gasteiger partial charge is 0.490 e. The summed E-state index contributed by atoms with van der Waals surface area (Å²) >= 11 is 0. The molecule has 0 amide bonds. The average Bonchev–Trinajstić information content (AvgIpc) is 3.32. The van der Waals surface area contributed by atoms with E-state index in [9.17, 15) is 0 Å². The summed E-state index contributed by atoms with van der Waals surface area (Å²) < 4.78 is 17.8. The number of ether oxygens (including phenoxy) is 3. The van der Waals surface area contributed by atoms with Crippen molar-refractivity contribution in [3.8, 4) is 11.5 Å². The number of hydrogen-bond donors (Lipinski definition) is 1. The zero-order valence-electron chi connectivity index (χ0n) is 12.0. The van der Waals surface area contributed by atoms with Crippen LogP contribution in [0.1, 0.15) is 19.8 Å². The molecule has 1 aliphatic carbocycles. The van der Waals surface area contributed by atoms with Crippen molar-refractivity contribution in [3.63, 3.8) is 0 Å². The fourth-order valence-corrected chi connectivity index (χ4v) is 2.67. The molecule has 2 unspecified atom stereocenters. The van der Waals surface area contributed by atoms with Gasteiger partial charge in [0.2, 0.25) is 0 Å². The molecular weight excluding hydrogens is 254 g/mol. The van der Waals surface area contributed by atoms with Crippen molar-refractivity contribution in [1.82, 2.24) is 5.32 Å². The normalized spacial score (nSPS) is 24.1. The van der Waals surface area contributed by atoms with Crippen LogP contribution in [0.2, 0.25) is 0 Å². The molecule has 20 heavy (non-hydrogen) atoms. The van der Waals surface area contributed by atoms with E-state index < -0.39 is 0 Å². The van der Waals surface area contributed by atoms with Gasteiger partial charge >= 0.3 is 0 Å². The van der Waals surface area contributed by atoms with Crippen molar-refractivity contribution < 1.29 is 14.2 Å². The Labute approximate surface area is 120 Å². The predicted octanol–water partition coefficient (Wildman–Crippen LogP) is 2.23. The summed E-state index contributed by atoms with van der Waals surface area (Å²) in [6, 6.07) is 7.91. The van der Waals surface area contributed by atoms with E-state index in [1.165, 1.54) is 12.8 Å². The molecule has 1 heterocycles. The molecule has 4 nitrogen and oxygen atoms in total. The second-order valence-electron chi connectivity index (χ2n) is 5.41. The molecule has 0 radical (unpaired) electrons. The molecule has 3 rings (SSSR count). The van der Waals surface area contributed by atoms with Crippen LogP contribution < -0.4 is 14.8 Å². The number of morpholine rings is 1. The van der Waals surface area contributed by atoms with Gasteiger partial charge in [0.25, 0.3) is 0 Å². The minimum Gasteiger partial charge on any atom is -0.490 e. The minimum atomic E-state index is 0.129. The average molecular weight is 277 g/mol. The Morgan fingerprint density at radius 2 is 2.10 bits per heavy atom. The Morgan fingerprint density at radius 1 is 1.30 bits per heavy atom. The maximum Gasteiger partial charge on any atom is 0.161 e. The van der Waals surface area contributed by atoms with Crippen LogP contribution in [0.15, 0.2) is 24.3 Å². The first-order valence-corrected chi connectivity index (χ1v) is 7.59. The van der Waals surface area contributed by atoms with Crippen molar-refractivity contribution >= 4 is 0 Å². The van der Waals surface area contributed by atoms with E-state index in [0.717, 1.165) is 31.2 Å². The van der Waals surface area contributed by atoms with E-state index in [1.807, 2.05) is 31.2 Å². The van der Waals surface area contributed by atoms with Crippen LogP contribution in [0.3, 0.4) is 0 Å². The molecule has 1 aromatic carbocycles. The van der Waals surface area contributed by atoms with Crippen LogP contribution in [0.25, 0.3) is 0 Å². The van der Waals surface area contributed by atoms with Crippen LogP contribution in [-0.4, -0.2) is 38.5 Å². The zero-order valence-corrected chi connectivity index (χ0v) is 12.0. The van der Waals surface area contributed by atoms with Crippen molar-refractivity contribution in [3.05, 3.63) is 24.3 Å². The zero-order chi connectivity index (χ0) is 13.8. The molecule has 2 fully saturated rings. The quantitative estimate of drug-likeness (QED) is 0.865. The van der Waals surface area contributed by atoms with E-state index in [-0.39, 0.29) is 12.2 Å². The molecule has 0 bridgehead atoms. The van der Waals surface area contributed by atoms with Crippen molar-refractivity contribution in [2.24, 2.45) is 5.92 Å². The lowest BCUT2D eigenvalue weighted by Gasteiger charge is -2.31. The molecular formula is C16H23NO3. The molecule has 110 valence electrons. The lowest BCUT2D eigenvalue weighted by molar-refractivity contribution is -0.0501. The fourth-order valence-electron chi connectivity index (χ4n) is 2.67. The van der Waals surface area contributed by atoms with Gasteiger partial charge < -0.3 is 19.5 Å². The highest BCUT2D eigenvalue weighted by atomic mass is 16.6. The van der Waals surface area contributed by atoms with Crippen LogP contribution >= 0.6 is 0 Å². The molecule has 2 aliphatic rings. The molecule has 0 spiro atoms. The molecule has 1 saturated carbocycles. The first-order valence-electron chi connectivity index (χ1n) is 7.59. The topological polar surface area (TPSA) is 39.7 Å². The minimum absolute atomic E-state index is 0.129. The summed E-state index contributed by atoms with van der Waals surface area (Å²) in [5, 5.41) is 3.39. The maximum atomic E-state index is 6.27. The van der Waals surface area contributed by atoms with E-state index >= 15 is 0 Å². The third-order valence-electron chi connectivity index (χ3n) is 3.82. The lowest BCUT2D eigenvalue weighted by Crippen LogP contribution is -2.48. The first-order chi connectivity index (χ1) is 9.88. The Bertz CT molecular complexity index is 427. The Balaban J connectivity index is 1.72. The van der Waals surface area contributed by atoms with Gasteiger partial charge in [-0.1, -0.05) is 12.1 Å². The van der Waals surface area contributed by atoms with Gasteiger partial charge in [-0.2, -0.15) is 0 Å². The highest BCUT2D eigenvalue weighted by Gasteiger charge is 2.40. The van der Waals surface area contributed by atoms with Gasteiger partial charge in [0.05, 0.1) is 13.2 Å². The van der Waals surface area contributed by atoms with Gasteiger partial charge in [-0.25, -0.2) is 0 Å². The van der Waals surface area contributed by atoms with Gasteiger partial charge in [0.1, 0.15) is 12.2 Å². The molecule has 1 aliphatic heterocycles. The third-order valence-corrected chi connectivity index (χ3v) is 3.82. The molecule has 4 heteroatoms. The first kappa shape index (κ1) is 13.7. The number of para-hydroxylation sites is 2. The van der Waals surface area contributed by atoms with Gasteiger partial charge in [-0.15, -0.1) is 0 Å². The standard InChI is InChI=1S/C16H23NO3/c1-2-18-13-5-3-4-6-14(13)20-16(12-7-8-12)15-11-17-9-10-19-15/h3-6,12,15-17H,2,7-11H2,1H3. The monoisotopic (exact) mass is 277 g/mol. The molecule has 1 aromatic rings. The van der Waals surface area contributed by atoms with E-state index in [0.29, 0.717) is 12.5 Å². The van der Waals surface area contributed by atoms with Gasteiger partial charge in [0.15, 0.2) is 11.5 Å². The molecule has 1 saturated heterocycles. The summed E-state index contributed by atoms with van der Waals surface area (Å²) in [5.74, 6) is 2.28. The SMILES string of the molecule is CCOc1ccccc1OC(C1CC1)C1CNCCO1. The summed E-state index contributed by atoms with van der Waals surface area (Å²) in [7, 11) is 0. The summed E-state index contributed by atoms with van der Waals surface area (Å²) in [4.78, 5) is 0. The van der Waals surface area contributed by atoms with Crippen molar-refractivity contribution in [2.45, 2.75) is 32.0 Å². The Morgan fingerprint density at radius 3 is 2.75 bits per heavy atom. The van der Waals surface area contributed by atoms with E-state index in [1.54, 1.807) is 0 Å². The van der Waals surface area contributed by atoms with E-state index in [2.05, 4.69) is 5.32 Å². The third kappa shape index (κ3) is 3.25. The maximum absolute atomic E-state index is 6.27. The molecule has 1 N–H and O–H groups in total. The van der Waals surface area contributed by atoms with Gasteiger partial charge in [0, 0.05) is 13.1 Å². The van der Waals surface area contributed by atoms with E-state index in [4.69, 9.17) is 14.2 Å². The highest BCUT2D eigenvalue weighted by Crippen LogP contribution is 2.39. The number of rotatable bonds is 6.